The number of likely N-dealkylation sites (N-methyl/N-ethyl adjacent to an activating group) is 1. The summed E-state index contributed by atoms with van der Waals surface area (Å²) in [5.74, 6) is -0.191. The number of nitrogens with one attached hydrogen (secondary N) is 1. The fourth-order valence-electron chi connectivity index (χ4n) is 6.78. The number of aliphatic hydroxyl groups is 1. The van der Waals surface area contributed by atoms with E-state index in [0.29, 0.717) is 17.4 Å². The van der Waals surface area contributed by atoms with E-state index in [1.807, 2.05) is 27.2 Å². The van der Waals surface area contributed by atoms with Gasteiger partial charge in [0.05, 0.1) is 39.9 Å². The number of phosphoric ester groups is 1. The Labute approximate surface area is 353 Å². The molecule has 0 aliphatic rings. The monoisotopic (exact) mass is 826 g/mol. The van der Waals surface area contributed by atoms with Gasteiger partial charge in [0.25, 0.3) is 0 Å². The molecule has 0 spiro atoms. The van der Waals surface area contributed by atoms with Crippen LogP contribution in [0.4, 0.5) is 0 Å². The minimum atomic E-state index is -4.35. The highest BCUT2D eigenvalue weighted by atomic mass is 31.2. The van der Waals surface area contributed by atoms with E-state index in [1.165, 1.54) is 148 Å². The molecule has 8 nitrogen and oxygen atoms in total. The van der Waals surface area contributed by atoms with Crippen molar-refractivity contribution in [1.29, 1.82) is 0 Å². The predicted molar refractivity (Wildman–Crippen MR) is 244 cm³/mol. The molecule has 0 heterocycles. The molecule has 0 radical (unpaired) electrons. The molecule has 9 heteroatoms. The maximum atomic E-state index is 12.9. The van der Waals surface area contributed by atoms with Gasteiger partial charge in [0, 0.05) is 6.42 Å². The number of carbonyl (C=O) groups is 1. The molecule has 336 valence electrons. The number of phosphoric acid groups is 1. The summed E-state index contributed by atoms with van der Waals surface area (Å²) in [6.07, 6.45) is 49.4. The number of nitrogens with zero attached hydrogens (tertiary/aromatic N) is 1. The fraction of sp³-hybridized carbons (Fsp3) is 0.854. The minimum absolute atomic E-state index is 0.0547. The summed E-state index contributed by atoms with van der Waals surface area (Å²) in [5.41, 5.74) is 0. The topological polar surface area (TPSA) is 105 Å². The molecule has 0 aromatic carbocycles. The van der Waals surface area contributed by atoms with Crippen LogP contribution < -0.4 is 5.32 Å². The summed E-state index contributed by atoms with van der Waals surface area (Å²) in [4.78, 5) is 23.1. The van der Waals surface area contributed by atoms with Crippen molar-refractivity contribution in [2.24, 2.45) is 0 Å². The Morgan fingerprint density at radius 2 is 0.965 bits per heavy atom. The van der Waals surface area contributed by atoms with E-state index in [9.17, 15) is 19.4 Å². The van der Waals surface area contributed by atoms with Gasteiger partial charge in [-0.05, 0) is 44.9 Å². The largest absolute Gasteiger partial charge is 0.472 e. The van der Waals surface area contributed by atoms with Crippen molar-refractivity contribution in [1.82, 2.24) is 5.32 Å². The quantitative estimate of drug-likeness (QED) is 0.0245. The third-order valence-corrected chi connectivity index (χ3v) is 11.6. The zero-order chi connectivity index (χ0) is 42.1. The minimum Gasteiger partial charge on any atom is -0.387 e. The van der Waals surface area contributed by atoms with Crippen LogP contribution in [0.1, 0.15) is 213 Å². The van der Waals surface area contributed by atoms with Crippen molar-refractivity contribution in [3.63, 3.8) is 0 Å². The van der Waals surface area contributed by atoms with Crippen molar-refractivity contribution in [2.45, 2.75) is 225 Å². The SMILES string of the molecule is CCCCCCCCCCCCCC/C=C/CC/C=C/CC/C=C/C(O)C(COP(=O)(O)OCC[N+](C)(C)C)NC(=O)CCCCCCCCCCCCCCC. The van der Waals surface area contributed by atoms with Crippen molar-refractivity contribution in [3.8, 4) is 0 Å². The van der Waals surface area contributed by atoms with Crippen LogP contribution in [0, 0.1) is 0 Å². The van der Waals surface area contributed by atoms with Gasteiger partial charge in [-0.25, -0.2) is 4.57 Å². The van der Waals surface area contributed by atoms with E-state index in [2.05, 4.69) is 43.5 Å². The molecule has 0 aromatic heterocycles. The lowest BCUT2D eigenvalue weighted by atomic mass is 10.0. The van der Waals surface area contributed by atoms with E-state index >= 15 is 0 Å². The Morgan fingerprint density at radius 3 is 1.40 bits per heavy atom. The standard InChI is InChI=1S/C48H93N2O6P/c1-6-8-10-12-14-16-18-20-21-22-23-24-25-26-27-28-30-31-33-35-37-39-41-47(51)46(45-56-57(53,54)55-44-43-50(3,4)5)49-48(52)42-40-38-36-34-32-29-19-17-15-13-11-9-7-2/h26-27,31,33,39,41,46-47,51H,6-25,28-30,32,34-38,40,42-45H2,1-5H3,(H-,49,52,53,54)/p+1/b27-26+,33-31+,41-39+. The lowest BCUT2D eigenvalue weighted by Gasteiger charge is -2.25. The summed E-state index contributed by atoms with van der Waals surface area (Å²) in [5, 5.41) is 13.8. The molecular weight excluding hydrogens is 732 g/mol. The second-order valence-electron chi connectivity index (χ2n) is 17.5. The summed E-state index contributed by atoms with van der Waals surface area (Å²) in [6.45, 7) is 4.79. The van der Waals surface area contributed by atoms with Gasteiger partial charge in [-0.15, -0.1) is 0 Å². The van der Waals surface area contributed by atoms with Crippen LogP contribution in [0.2, 0.25) is 0 Å². The summed E-state index contributed by atoms with van der Waals surface area (Å²) in [6, 6.07) is -0.865. The summed E-state index contributed by atoms with van der Waals surface area (Å²) in [7, 11) is 1.55. The average Bonchev–Trinajstić information content (AvgIpc) is 3.16. The molecule has 3 N–H and O–H groups in total. The zero-order valence-corrected chi connectivity index (χ0v) is 39.0. The van der Waals surface area contributed by atoms with Crippen molar-refractivity contribution < 1.29 is 32.9 Å². The van der Waals surface area contributed by atoms with E-state index in [4.69, 9.17) is 9.05 Å². The lowest BCUT2D eigenvalue weighted by Crippen LogP contribution is -2.45. The van der Waals surface area contributed by atoms with E-state index in [1.54, 1.807) is 6.08 Å². The third kappa shape index (κ3) is 42.6. The Bertz CT molecular complexity index is 1030. The number of amides is 1. The molecular formula is C48H94N2O6P+. The molecule has 0 saturated carbocycles. The molecule has 57 heavy (non-hydrogen) atoms. The number of rotatable bonds is 43. The molecule has 3 atom stereocenters. The second kappa shape index (κ2) is 40.1. The first-order valence-electron chi connectivity index (χ1n) is 23.9. The second-order valence-corrected chi connectivity index (χ2v) is 18.9. The van der Waals surface area contributed by atoms with Gasteiger partial charge in [-0.1, -0.05) is 198 Å². The molecule has 0 aromatic rings. The van der Waals surface area contributed by atoms with Crippen LogP contribution >= 0.6 is 7.82 Å². The molecule has 0 rings (SSSR count). The molecule has 0 aliphatic carbocycles. The molecule has 0 saturated heterocycles. The van der Waals surface area contributed by atoms with Crippen LogP contribution in [-0.4, -0.2) is 73.4 Å². The number of aliphatic hydroxyl groups excluding tert-OH is 1. The highest BCUT2D eigenvalue weighted by Crippen LogP contribution is 2.43. The summed E-state index contributed by atoms with van der Waals surface area (Å²) < 4.78 is 23.6. The van der Waals surface area contributed by atoms with Crippen molar-refractivity contribution >= 4 is 13.7 Å². The first kappa shape index (κ1) is 55.7. The van der Waals surface area contributed by atoms with Gasteiger partial charge >= 0.3 is 7.82 Å². The van der Waals surface area contributed by atoms with Gasteiger partial charge in [-0.3, -0.25) is 13.8 Å². The number of allylic oxidation sites excluding steroid dienone is 5. The fourth-order valence-corrected chi connectivity index (χ4v) is 7.51. The van der Waals surface area contributed by atoms with Gasteiger partial charge in [0.2, 0.25) is 5.91 Å². The molecule has 0 bridgehead atoms. The molecule has 0 fully saturated rings. The first-order valence-corrected chi connectivity index (χ1v) is 25.4. The lowest BCUT2D eigenvalue weighted by molar-refractivity contribution is -0.870. The van der Waals surface area contributed by atoms with Gasteiger partial charge in [0.1, 0.15) is 13.2 Å². The molecule has 3 unspecified atom stereocenters. The van der Waals surface area contributed by atoms with Crippen molar-refractivity contribution in [2.75, 3.05) is 40.9 Å². The number of hydrogen-bond acceptors (Lipinski definition) is 5. The number of carbonyl (C=O) groups excluding carboxylic acids is 1. The van der Waals surface area contributed by atoms with Crippen molar-refractivity contribution in [3.05, 3.63) is 36.5 Å². The predicted octanol–water partition coefficient (Wildman–Crippen LogP) is 13.5. The highest BCUT2D eigenvalue weighted by Gasteiger charge is 2.27. The Hall–Kier alpha value is -1.28. The summed E-state index contributed by atoms with van der Waals surface area (Å²) >= 11 is 0. The Morgan fingerprint density at radius 1 is 0.579 bits per heavy atom. The highest BCUT2D eigenvalue weighted by molar-refractivity contribution is 7.47. The average molecular weight is 826 g/mol. The van der Waals surface area contributed by atoms with E-state index < -0.39 is 20.0 Å². The van der Waals surface area contributed by atoms with Gasteiger partial charge in [0.15, 0.2) is 0 Å². The van der Waals surface area contributed by atoms with Gasteiger partial charge in [-0.2, -0.15) is 0 Å². The van der Waals surface area contributed by atoms with Crippen LogP contribution in [0.25, 0.3) is 0 Å². The van der Waals surface area contributed by atoms with Gasteiger partial charge < -0.3 is 19.8 Å². The Balaban J connectivity index is 4.41. The normalized spacial score (nSPS) is 14.6. The number of unbranched alkanes of at least 4 members (excludes halogenated alkanes) is 26. The number of hydrogen-bond donors (Lipinski definition) is 3. The third-order valence-electron chi connectivity index (χ3n) is 10.6. The maximum absolute atomic E-state index is 12.9. The van der Waals surface area contributed by atoms with Crippen LogP contribution in [0.15, 0.2) is 36.5 Å². The van der Waals surface area contributed by atoms with Crippen LogP contribution in [0.5, 0.6) is 0 Å². The van der Waals surface area contributed by atoms with E-state index in [-0.39, 0.29) is 19.1 Å². The zero-order valence-electron chi connectivity index (χ0n) is 38.1. The van der Waals surface area contributed by atoms with Crippen LogP contribution in [-0.2, 0) is 18.4 Å². The number of quaternary nitrogens is 1. The molecule has 0 aliphatic heterocycles. The smallest absolute Gasteiger partial charge is 0.387 e. The maximum Gasteiger partial charge on any atom is 0.472 e. The van der Waals surface area contributed by atoms with E-state index in [0.717, 1.165) is 44.9 Å². The Kier molecular flexibility index (Phi) is 39.2. The molecule has 1 amide bonds. The first-order chi connectivity index (χ1) is 27.5. The van der Waals surface area contributed by atoms with Crippen LogP contribution in [0.3, 0.4) is 0 Å².